The van der Waals surface area contributed by atoms with Crippen molar-refractivity contribution in [2.45, 2.75) is 59.4 Å². The van der Waals surface area contributed by atoms with E-state index in [-0.39, 0.29) is 17.9 Å². The average Bonchev–Trinajstić information content (AvgIpc) is 2.02. The molecular formula is C11H23NO. The van der Waals surface area contributed by atoms with Crippen LogP contribution < -0.4 is 5.32 Å². The highest BCUT2D eigenvalue weighted by Gasteiger charge is 2.16. The SMILES string of the molecule is CCCC(CCC)C(=O)NC(C)C. The van der Waals surface area contributed by atoms with Crippen molar-refractivity contribution in [2.75, 3.05) is 0 Å². The van der Waals surface area contributed by atoms with Crippen LogP contribution in [0.5, 0.6) is 0 Å². The molecule has 0 aromatic heterocycles. The lowest BCUT2D eigenvalue weighted by Crippen LogP contribution is -2.35. The summed E-state index contributed by atoms with van der Waals surface area (Å²) in [6, 6.07) is 0.267. The number of carbonyl (C=O) groups is 1. The number of amides is 1. The summed E-state index contributed by atoms with van der Waals surface area (Å²) in [5, 5.41) is 2.97. The van der Waals surface area contributed by atoms with Crippen molar-refractivity contribution in [2.24, 2.45) is 5.92 Å². The second-order valence-electron chi connectivity index (χ2n) is 3.94. The zero-order valence-corrected chi connectivity index (χ0v) is 9.39. The van der Waals surface area contributed by atoms with E-state index in [2.05, 4.69) is 19.2 Å². The van der Waals surface area contributed by atoms with Crippen LogP contribution >= 0.6 is 0 Å². The van der Waals surface area contributed by atoms with Gasteiger partial charge in [0.25, 0.3) is 0 Å². The number of carbonyl (C=O) groups excluding carboxylic acids is 1. The van der Waals surface area contributed by atoms with E-state index >= 15 is 0 Å². The monoisotopic (exact) mass is 185 g/mol. The summed E-state index contributed by atoms with van der Waals surface area (Å²) in [5.74, 6) is 0.469. The Labute approximate surface area is 82.1 Å². The minimum absolute atomic E-state index is 0.234. The number of rotatable bonds is 6. The van der Waals surface area contributed by atoms with Crippen molar-refractivity contribution in [3.8, 4) is 0 Å². The first-order chi connectivity index (χ1) is 6.11. The molecule has 0 rings (SSSR count). The maximum atomic E-state index is 11.6. The van der Waals surface area contributed by atoms with E-state index in [1.807, 2.05) is 13.8 Å². The van der Waals surface area contributed by atoms with E-state index in [1.54, 1.807) is 0 Å². The van der Waals surface area contributed by atoms with Gasteiger partial charge in [0.15, 0.2) is 0 Å². The van der Waals surface area contributed by atoms with E-state index in [0.29, 0.717) is 0 Å². The summed E-state index contributed by atoms with van der Waals surface area (Å²) in [4.78, 5) is 11.6. The molecule has 0 bridgehead atoms. The molecule has 1 N–H and O–H groups in total. The summed E-state index contributed by atoms with van der Waals surface area (Å²) < 4.78 is 0. The predicted molar refractivity (Wildman–Crippen MR) is 56.6 cm³/mol. The van der Waals surface area contributed by atoms with Crippen LogP contribution in [0.25, 0.3) is 0 Å². The molecule has 78 valence electrons. The highest BCUT2D eigenvalue weighted by molar-refractivity contribution is 5.78. The third kappa shape index (κ3) is 5.67. The maximum Gasteiger partial charge on any atom is 0.223 e. The molecule has 0 heterocycles. The molecule has 0 atom stereocenters. The topological polar surface area (TPSA) is 29.1 Å². The smallest absolute Gasteiger partial charge is 0.223 e. The van der Waals surface area contributed by atoms with Gasteiger partial charge in [0.2, 0.25) is 5.91 Å². The van der Waals surface area contributed by atoms with Crippen molar-refractivity contribution in [3.63, 3.8) is 0 Å². The van der Waals surface area contributed by atoms with Crippen LogP contribution in [0.1, 0.15) is 53.4 Å². The first-order valence-corrected chi connectivity index (χ1v) is 5.42. The van der Waals surface area contributed by atoms with Gasteiger partial charge in [-0.05, 0) is 26.7 Å². The second kappa shape index (κ2) is 6.93. The Balaban J connectivity index is 3.95. The molecule has 0 radical (unpaired) electrons. The molecule has 0 spiro atoms. The summed E-state index contributed by atoms with van der Waals surface area (Å²) in [7, 11) is 0. The first-order valence-electron chi connectivity index (χ1n) is 5.42. The fraction of sp³-hybridized carbons (Fsp3) is 0.909. The Morgan fingerprint density at radius 2 is 1.62 bits per heavy atom. The largest absolute Gasteiger partial charge is 0.354 e. The Morgan fingerprint density at radius 3 is 1.92 bits per heavy atom. The summed E-state index contributed by atoms with van der Waals surface area (Å²) in [6.07, 6.45) is 4.23. The number of hydrogen-bond donors (Lipinski definition) is 1. The standard InChI is InChI=1S/C11H23NO/c1-5-7-10(8-6-2)11(13)12-9(3)4/h9-10H,5-8H2,1-4H3,(H,12,13). The molecule has 0 aliphatic rings. The summed E-state index contributed by atoms with van der Waals surface area (Å²) in [5.41, 5.74) is 0. The maximum absolute atomic E-state index is 11.6. The lowest BCUT2D eigenvalue weighted by Gasteiger charge is -2.16. The molecule has 2 nitrogen and oxygen atoms in total. The van der Waals surface area contributed by atoms with E-state index in [0.717, 1.165) is 25.7 Å². The Morgan fingerprint density at radius 1 is 1.15 bits per heavy atom. The van der Waals surface area contributed by atoms with Gasteiger partial charge in [-0.2, -0.15) is 0 Å². The lowest BCUT2D eigenvalue weighted by atomic mass is 9.97. The van der Waals surface area contributed by atoms with Crippen molar-refractivity contribution in [1.29, 1.82) is 0 Å². The molecule has 2 heteroatoms. The highest BCUT2D eigenvalue weighted by Crippen LogP contribution is 2.13. The fourth-order valence-corrected chi connectivity index (χ4v) is 1.51. The van der Waals surface area contributed by atoms with E-state index in [1.165, 1.54) is 0 Å². The number of nitrogens with one attached hydrogen (secondary N) is 1. The Bertz CT molecular complexity index is 137. The van der Waals surface area contributed by atoms with Crippen LogP contribution in [0.4, 0.5) is 0 Å². The molecule has 0 saturated heterocycles. The predicted octanol–water partition coefficient (Wildman–Crippen LogP) is 2.73. The van der Waals surface area contributed by atoms with Gasteiger partial charge in [-0.15, -0.1) is 0 Å². The van der Waals surface area contributed by atoms with E-state index in [9.17, 15) is 4.79 Å². The molecule has 1 amide bonds. The fourth-order valence-electron chi connectivity index (χ4n) is 1.51. The molecule has 0 unspecified atom stereocenters. The molecule has 0 aliphatic heterocycles. The Kier molecular flexibility index (Phi) is 6.65. The summed E-state index contributed by atoms with van der Waals surface area (Å²) >= 11 is 0. The molecule has 13 heavy (non-hydrogen) atoms. The van der Waals surface area contributed by atoms with Crippen LogP contribution in [-0.2, 0) is 4.79 Å². The second-order valence-corrected chi connectivity index (χ2v) is 3.94. The molecular weight excluding hydrogens is 162 g/mol. The van der Waals surface area contributed by atoms with Gasteiger partial charge in [0.1, 0.15) is 0 Å². The van der Waals surface area contributed by atoms with Crippen molar-refractivity contribution < 1.29 is 4.79 Å². The van der Waals surface area contributed by atoms with Gasteiger partial charge in [0.05, 0.1) is 0 Å². The highest BCUT2D eigenvalue weighted by atomic mass is 16.1. The number of hydrogen-bond acceptors (Lipinski definition) is 1. The third-order valence-electron chi connectivity index (χ3n) is 2.08. The average molecular weight is 185 g/mol. The minimum Gasteiger partial charge on any atom is -0.354 e. The molecule has 0 aromatic carbocycles. The molecule has 0 aromatic rings. The molecule has 0 saturated carbocycles. The first kappa shape index (κ1) is 12.5. The van der Waals surface area contributed by atoms with Crippen molar-refractivity contribution in [3.05, 3.63) is 0 Å². The molecule has 0 aliphatic carbocycles. The quantitative estimate of drug-likeness (QED) is 0.677. The van der Waals surface area contributed by atoms with Gasteiger partial charge in [-0.25, -0.2) is 0 Å². The zero-order valence-electron chi connectivity index (χ0n) is 9.39. The van der Waals surface area contributed by atoms with Gasteiger partial charge in [-0.1, -0.05) is 26.7 Å². The van der Waals surface area contributed by atoms with Crippen LogP contribution in [0.15, 0.2) is 0 Å². The van der Waals surface area contributed by atoms with Gasteiger partial charge < -0.3 is 5.32 Å². The third-order valence-corrected chi connectivity index (χ3v) is 2.08. The van der Waals surface area contributed by atoms with Crippen LogP contribution in [0.3, 0.4) is 0 Å². The van der Waals surface area contributed by atoms with Gasteiger partial charge in [0, 0.05) is 12.0 Å². The zero-order chi connectivity index (χ0) is 10.3. The molecule has 0 fully saturated rings. The van der Waals surface area contributed by atoms with Crippen LogP contribution in [0, 0.1) is 5.92 Å². The van der Waals surface area contributed by atoms with E-state index in [4.69, 9.17) is 0 Å². The van der Waals surface area contributed by atoms with Gasteiger partial charge in [-0.3, -0.25) is 4.79 Å². The normalized spacial score (nSPS) is 10.9. The minimum atomic E-state index is 0.234. The Hall–Kier alpha value is -0.530. The van der Waals surface area contributed by atoms with E-state index < -0.39 is 0 Å². The lowest BCUT2D eigenvalue weighted by molar-refractivity contribution is -0.126. The van der Waals surface area contributed by atoms with Crippen molar-refractivity contribution >= 4 is 5.91 Å². The van der Waals surface area contributed by atoms with Gasteiger partial charge >= 0.3 is 0 Å². The summed E-state index contributed by atoms with van der Waals surface area (Å²) in [6.45, 7) is 8.27. The van der Waals surface area contributed by atoms with Crippen LogP contribution in [0.2, 0.25) is 0 Å². The van der Waals surface area contributed by atoms with Crippen molar-refractivity contribution in [1.82, 2.24) is 5.32 Å². The van der Waals surface area contributed by atoms with Crippen LogP contribution in [-0.4, -0.2) is 11.9 Å².